The summed E-state index contributed by atoms with van der Waals surface area (Å²) >= 11 is 0. The van der Waals surface area contributed by atoms with Crippen LogP contribution in [0.15, 0.2) is 18.2 Å². The molecular formula is C17H27FN2. The number of halogens is 1. The molecule has 1 heterocycles. The van der Waals surface area contributed by atoms with E-state index < -0.39 is 0 Å². The van der Waals surface area contributed by atoms with E-state index in [4.69, 9.17) is 0 Å². The van der Waals surface area contributed by atoms with E-state index in [1.54, 1.807) is 6.07 Å². The minimum Gasteiger partial charge on any atom is -0.369 e. The highest BCUT2D eigenvalue weighted by molar-refractivity contribution is 5.49. The van der Waals surface area contributed by atoms with Gasteiger partial charge in [0, 0.05) is 31.9 Å². The zero-order chi connectivity index (χ0) is 14.5. The van der Waals surface area contributed by atoms with Crippen LogP contribution in [-0.4, -0.2) is 37.6 Å². The first-order valence-electron chi connectivity index (χ1n) is 7.88. The van der Waals surface area contributed by atoms with Crippen LogP contribution in [0.5, 0.6) is 0 Å². The van der Waals surface area contributed by atoms with Gasteiger partial charge in [0.2, 0.25) is 0 Å². The molecule has 0 amide bonds. The molecule has 0 spiro atoms. The Bertz CT molecular complexity index is 423. The first kappa shape index (κ1) is 15.3. The molecule has 20 heavy (non-hydrogen) atoms. The summed E-state index contributed by atoms with van der Waals surface area (Å²) in [6.45, 7) is 11.7. The number of rotatable bonds is 5. The second-order valence-electron chi connectivity index (χ2n) is 6.04. The maximum absolute atomic E-state index is 14.1. The molecule has 1 aliphatic heterocycles. The lowest BCUT2D eigenvalue weighted by Gasteiger charge is -2.36. The Kier molecular flexibility index (Phi) is 5.41. The second-order valence-corrected chi connectivity index (χ2v) is 6.04. The van der Waals surface area contributed by atoms with Crippen LogP contribution < -0.4 is 4.90 Å². The molecular weight excluding hydrogens is 251 g/mol. The third kappa shape index (κ3) is 3.72. The highest BCUT2D eigenvalue weighted by Crippen LogP contribution is 2.24. The standard InChI is InChI=1S/C17H27FN2/c1-4-5-8-19-9-11-20(12-10-19)15-6-7-16(14(2)3)17(18)13-15/h6-7,13-14H,4-5,8-12H2,1-3H3. The molecule has 0 N–H and O–H groups in total. The van der Waals surface area contributed by atoms with Gasteiger partial charge in [-0.3, -0.25) is 4.90 Å². The Labute approximate surface area is 122 Å². The molecule has 1 aliphatic rings. The summed E-state index contributed by atoms with van der Waals surface area (Å²) < 4.78 is 14.1. The molecule has 1 aromatic carbocycles. The van der Waals surface area contributed by atoms with Gasteiger partial charge in [-0.15, -0.1) is 0 Å². The average molecular weight is 278 g/mol. The molecule has 1 saturated heterocycles. The van der Waals surface area contributed by atoms with Crippen molar-refractivity contribution in [2.45, 2.75) is 39.5 Å². The quantitative estimate of drug-likeness (QED) is 0.806. The van der Waals surface area contributed by atoms with Gasteiger partial charge >= 0.3 is 0 Å². The maximum atomic E-state index is 14.1. The Morgan fingerprint density at radius 1 is 1.15 bits per heavy atom. The van der Waals surface area contributed by atoms with E-state index in [-0.39, 0.29) is 11.7 Å². The Hall–Kier alpha value is -1.09. The van der Waals surface area contributed by atoms with Gasteiger partial charge in [0.05, 0.1) is 0 Å². The van der Waals surface area contributed by atoms with Gasteiger partial charge in [0.25, 0.3) is 0 Å². The van der Waals surface area contributed by atoms with Gasteiger partial charge in [-0.1, -0.05) is 33.3 Å². The smallest absolute Gasteiger partial charge is 0.128 e. The SMILES string of the molecule is CCCCN1CCN(c2ccc(C(C)C)c(F)c2)CC1. The lowest BCUT2D eigenvalue weighted by molar-refractivity contribution is 0.254. The van der Waals surface area contributed by atoms with Crippen molar-refractivity contribution in [3.8, 4) is 0 Å². The molecule has 2 rings (SSSR count). The summed E-state index contributed by atoms with van der Waals surface area (Å²) in [7, 11) is 0. The van der Waals surface area contributed by atoms with E-state index in [1.807, 2.05) is 19.9 Å². The van der Waals surface area contributed by atoms with Gasteiger partial charge in [-0.2, -0.15) is 0 Å². The maximum Gasteiger partial charge on any atom is 0.128 e. The number of anilines is 1. The Balaban J connectivity index is 1.95. The van der Waals surface area contributed by atoms with Crippen LogP contribution in [0.25, 0.3) is 0 Å². The topological polar surface area (TPSA) is 6.48 Å². The summed E-state index contributed by atoms with van der Waals surface area (Å²) in [4.78, 5) is 4.81. The predicted molar refractivity (Wildman–Crippen MR) is 84.1 cm³/mol. The molecule has 1 aromatic rings. The van der Waals surface area contributed by atoms with E-state index in [1.165, 1.54) is 19.4 Å². The summed E-state index contributed by atoms with van der Waals surface area (Å²) in [5.41, 5.74) is 1.84. The summed E-state index contributed by atoms with van der Waals surface area (Å²) in [6.07, 6.45) is 2.53. The first-order valence-corrected chi connectivity index (χ1v) is 7.88. The van der Waals surface area contributed by atoms with Crippen LogP contribution >= 0.6 is 0 Å². The van der Waals surface area contributed by atoms with Gasteiger partial charge in [0.1, 0.15) is 5.82 Å². The van der Waals surface area contributed by atoms with Crippen molar-refractivity contribution in [3.63, 3.8) is 0 Å². The predicted octanol–water partition coefficient (Wildman–Crippen LogP) is 3.87. The second kappa shape index (κ2) is 7.07. The van der Waals surface area contributed by atoms with Crippen LogP contribution in [0.1, 0.15) is 45.1 Å². The average Bonchev–Trinajstić information content (AvgIpc) is 2.45. The third-order valence-electron chi connectivity index (χ3n) is 4.17. The van der Waals surface area contributed by atoms with E-state index in [0.717, 1.165) is 37.4 Å². The van der Waals surface area contributed by atoms with E-state index in [9.17, 15) is 4.39 Å². The molecule has 0 bridgehead atoms. The minimum absolute atomic E-state index is 0.0640. The molecule has 0 atom stereocenters. The number of piperazine rings is 1. The van der Waals surface area contributed by atoms with E-state index in [2.05, 4.69) is 22.8 Å². The fraction of sp³-hybridized carbons (Fsp3) is 0.647. The number of benzene rings is 1. The van der Waals surface area contributed by atoms with Crippen molar-refractivity contribution in [1.29, 1.82) is 0 Å². The molecule has 0 radical (unpaired) electrons. The lowest BCUT2D eigenvalue weighted by atomic mass is 10.0. The minimum atomic E-state index is -0.0640. The number of nitrogens with zero attached hydrogens (tertiary/aromatic N) is 2. The van der Waals surface area contributed by atoms with Crippen molar-refractivity contribution in [2.75, 3.05) is 37.6 Å². The fourth-order valence-electron chi connectivity index (χ4n) is 2.79. The molecule has 0 saturated carbocycles. The Morgan fingerprint density at radius 2 is 1.85 bits per heavy atom. The van der Waals surface area contributed by atoms with Crippen molar-refractivity contribution in [3.05, 3.63) is 29.6 Å². The monoisotopic (exact) mass is 278 g/mol. The van der Waals surface area contributed by atoms with Gasteiger partial charge in [-0.05, 0) is 36.6 Å². The van der Waals surface area contributed by atoms with E-state index >= 15 is 0 Å². The summed E-state index contributed by atoms with van der Waals surface area (Å²) in [5.74, 6) is 0.181. The highest BCUT2D eigenvalue weighted by Gasteiger charge is 2.18. The molecule has 112 valence electrons. The van der Waals surface area contributed by atoms with Crippen LogP contribution in [-0.2, 0) is 0 Å². The third-order valence-corrected chi connectivity index (χ3v) is 4.17. The van der Waals surface area contributed by atoms with Crippen molar-refractivity contribution >= 4 is 5.69 Å². The summed E-state index contributed by atoms with van der Waals surface area (Å²) in [5, 5.41) is 0. The molecule has 3 heteroatoms. The fourth-order valence-corrected chi connectivity index (χ4v) is 2.79. The van der Waals surface area contributed by atoms with Crippen LogP contribution in [0, 0.1) is 5.82 Å². The van der Waals surface area contributed by atoms with Gasteiger partial charge in [0.15, 0.2) is 0 Å². The number of hydrogen-bond donors (Lipinski definition) is 0. The van der Waals surface area contributed by atoms with Gasteiger partial charge in [-0.25, -0.2) is 4.39 Å². The Morgan fingerprint density at radius 3 is 2.40 bits per heavy atom. The molecule has 0 unspecified atom stereocenters. The number of unbranched alkanes of at least 4 members (excludes halogenated alkanes) is 1. The molecule has 2 nitrogen and oxygen atoms in total. The highest BCUT2D eigenvalue weighted by atomic mass is 19.1. The van der Waals surface area contributed by atoms with Crippen LogP contribution in [0.4, 0.5) is 10.1 Å². The summed E-state index contributed by atoms with van der Waals surface area (Å²) in [6, 6.07) is 5.72. The normalized spacial score (nSPS) is 16.9. The van der Waals surface area contributed by atoms with Gasteiger partial charge < -0.3 is 4.90 Å². The lowest BCUT2D eigenvalue weighted by Crippen LogP contribution is -2.46. The van der Waals surface area contributed by atoms with E-state index in [0.29, 0.717) is 0 Å². The largest absolute Gasteiger partial charge is 0.369 e. The van der Waals surface area contributed by atoms with Crippen molar-refractivity contribution < 1.29 is 4.39 Å². The van der Waals surface area contributed by atoms with Crippen LogP contribution in [0.2, 0.25) is 0 Å². The molecule has 1 fully saturated rings. The zero-order valence-corrected chi connectivity index (χ0v) is 13.0. The number of hydrogen-bond acceptors (Lipinski definition) is 2. The van der Waals surface area contributed by atoms with Crippen LogP contribution in [0.3, 0.4) is 0 Å². The molecule has 0 aromatic heterocycles. The molecule has 0 aliphatic carbocycles. The first-order chi connectivity index (χ1) is 9.61. The van der Waals surface area contributed by atoms with Crippen molar-refractivity contribution in [1.82, 2.24) is 4.90 Å². The zero-order valence-electron chi connectivity index (χ0n) is 13.0. The van der Waals surface area contributed by atoms with Crippen molar-refractivity contribution in [2.24, 2.45) is 0 Å².